The number of ether oxygens (including phenoxy) is 1. The molecule has 1 aliphatic heterocycles. The third kappa shape index (κ3) is 2.88. The minimum absolute atomic E-state index is 0.0146. The molecule has 3 N–H and O–H groups in total. The number of H-pyrrole nitrogens is 1. The van der Waals surface area contributed by atoms with Crippen molar-refractivity contribution in [2.75, 3.05) is 19.0 Å². The van der Waals surface area contributed by atoms with E-state index in [1.165, 1.54) is 0 Å². The minimum atomic E-state index is -0.191. The highest BCUT2D eigenvalue weighted by Crippen LogP contribution is 2.21. The van der Waals surface area contributed by atoms with Gasteiger partial charge in [-0.05, 0) is 24.6 Å². The van der Waals surface area contributed by atoms with Crippen molar-refractivity contribution >= 4 is 11.6 Å². The van der Waals surface area contributed by atoms with Crippen molar-refractivity contribution in [1.82, 2.24) is 15.5 Å². The van der Waals surface area contributed by atoms with Gasteiger partial charge in [-0.25, -0.2) is 0 Å². The quantitative estimate of drug-likeness (QED) is 0.807. The summed E-state index contributed by atoms with van der Waals surface area (Å²) in [5, 5.41) is 13.3. The lowest BCUT2D eigenvalue weighted by atomic mass is 10.1. The first-order valence-corrected chi connectivity index (χ1v) is 7.40. The van der Waals surface area contributed by atoms with Crippen molar-refractivity contribution in [3.05, 3.63) is 46.8 Å². The lowest BCUT2D eigenvalue weighted by Crippen LogP contribution is -2.25. The molecule has 1 unspecified atom stereocenters. The van der Waals surface area contributed by atoms with Gasteiger partial charge in [0.2, 0.25) is 0 Å². The second-order valence-electron chi connectivity index (χ2n) is 5.41. The highest BCUT2D eigenvalue weighted by molar-refractivity contribution is 6.04. The number of amides is 1. The molecule has 1 aliphatic rings. The van der Waals surface area contributed by atoms with Crippen LogP contribution in [-0.4, -0.2) is 29.8 Å². The van der Waals surface area contributed by atoms with Gasteiger partial charge in [0.05, 0.1) is 6.10 Å². The summed E-state index contributed by atoms with van der Waals surface area (Å²) in [6.45, 7) is 3.55. The number of nitrogens with one attached hydrogen (secondary N) is 3. The molecule has 6 nitrogen and oxygen atoms in total. The fourth-order valence-corrected chi connectivity index (χ4v) is 2.61. The van der Waals surface area contributed by atoms with Gasteiger partial charge in [-0.3, -0.25) is 9.89 Å². The second kappa shape index (κ2) is 6.29. The van der Waals surface area contributed by atoms with Gasteiger partial charge in [-0.15, -0.1) is 0 Å². The number of aromatic nitrogens is 2. The summed E-state index contributed by atoms with van der Waals surface area (Å²) in [5.74, 6) is -0.191. The number of anilines is 1. The fraction of sp³-hybridized carbons (Fsp3) is 0.375. The predicted molar refractivity (Wildman–Crippen MR) is 83.8 cm³/mol. The van der Waals surface area contributed by atoms with E-state index in [4.69, 9.17) is 4.74 Å². The predicted octanol–water partition coefficient (Wildman–Crippen LogP) is 2.02. The number of methoxy groups -OCH3 is 1. The molecular weight excluding hydrogens is 280 g/mol. The smallest absolute Gasteiger partial charge is 0.276 e. The Bertz CT molecular complexity index is 681. The molecule has 22 heavy (non-hydrogen) atoms. The standard InChI is InChI=1S/C16H20N4O2/c1-10(22-2)11-4-3-5-12(8-11)18-16(21)15-13-9-17-7-6-14(13)19-20-15/h3-5,8,10,17H,6-7,9H2,1-2H3,(H,18,21)(H,19,20). The molecule has 116 valence electrons. The zero-order valence-electron chi connectivity index (χ0n) is 12.8. The molecule has 1 amide bonds. The Hall–Kier alpha value is -2.18. The molecule has 0 bridgehead atoms. The van der Waals surface area contributed by atoms with E-state index in [-0.39, 0.29) is 12.0 Å². The molecule has 0 aliphatic carbocycles. The van der Waals surface area contributed by atoms with Crippen LogP contribution >= 0.6 is 0 Å². The van der Waals surface area contributed by atoms with Crippen molar-refractivity contribution in [3.63, 3.8) is 0 Å². The van der Waals surface area contributed by atoms with E-state index in [1.54, 1.807) is 7.11 Å². The SMILES string of the molecule is COC(C)c1cccc(NC(=O)c2n[nH]c3c2CNCC3)c1. The molecule has 6 heteroatoms. The largest absolute Gasteiger partial charge is 0.377 e. The Morgan fingerprint density at radius 2 is 2.32 bits per heavy atom. The molecule has 1 atom stereocenters. The van der Waals surface area contributed by atoms with E-state index in [1.807, 2.05) is 31.2 Å². The molecule has 3 rings (SSSR count). The molecular formula is C16H20N4O2. The van der Waals surface area contributed by atoms with E-state index in [9.17, 15) is 4.79 Å². The molecule has 0 spiro atoms. The summed E-state index contributed by atoms with van der Waals surface area (Å²) in [6, 6.07) is 7.66. The summed E-state index contributed by atoms with van der Waals surface area (Å²) < 4.78 is 5.30. The molecule has 1 aromatic carbocycles. The van der Waals surface area contributed by atoms with Crippen molar-refractivity contribution < 1.29 is 9.53 Å². The maximum Gasteiger partial charge on any atom is 0.276 e. The first-order valence-electron chi connectivity index (χ1n) is 7.40. The molecule has 0 fully saturated rings. The number of carbonyl (C=O) groups is 1. The van der Waals surface area contributed by atoms with Crippen LogP contribution in [0.3, 0.4) is 0 Å². The van der Waals surface area contributed by atoms with Gasteiger partial charge in [0, 0.05) is 43.6 Å². The van der Waals surface area contributed by atoms with Crippen LogP contribution in [0.25, 0.3) is 0 Å². The molecule has 0 radical (unpaired) electrons. The van der Waals surface area contributed by atoms with Crippen molar-refractivity contribution in [2.45, 2.75) is 26.0 Å². The van der Waals surface area contributed by atoms with Gasteiger partial charge in [-0.1, -0.05) is 12.1 Å². The van der Waals surface area contributed by atoms with E-state index >= 15 is 0 Å². The van der Waals surface area contributed by atoms with Crippen LogP contribution in [0.15, 0.2) is 24.3 Å². The van der Waals surface area contributed by atoms with Crippen LogP contribution in [0.1, 0.15) is 40.3 Å². The van der Waals surface area contributed by atoms with Gasteiger partial charge in [0.15, 0.2) is 5.69 Å². The zero-order chi connectivity index (χ0) is 15.5. The normalized spacial score (nSPS) is 15.2. The topological polar surface area (TPSA) is 79.0 Å². The van der Waals surface area contributed by atoms with E-state index in [0.717, 1.165) is 35.5 Å². The summed E-state index contributed by atoms with van der Waals surface area (Å²) >= 11 is 0. The van der Waals surface area contributed by atoms with Crippen molar-refractivity contribution in [3.8, 4) is 0 Å². The summed E-state index contributed by atoms with van der Waals surface area (Å²) in [7, 11) is 1.67. The van der Waals surface area contributed by atoms with Crippen LogP contribution in [0.2, 0.25) is 0 Å². The number of hydrogen-bond donors (Lipinski definition) is 3. The Labute approximate surface area is 129 Å². The van der Waals surface area contributed by atoms with Crippen LogP contribution in [0, 0.1) is 0 Å². The van der Waals surface area contributed by atoms with Crippen molar-refractivity contribution in [2.24, 2.45) is 0 Å². The second-order valence-corrected chi connectivity index (χ2v) is 5.41. The van der Waals surface area contributed by atoms with Gasteiger partial charge in [0.1, 0.15) is 0 Å². The summed E-state index contributed by atoms with van der Waals surface area (Å²) in [5.41, 5.74) is 4.24. The Morgan fingerprint density at radius 3 is 3.14 bits per heavy atom. The van der Waals surface area contributed by atoms with Crippen LogP contribution in [-0.2, 0) is 17.7 Å². The zero-order valence-corrected chi connectivity index (χ0v) is 12.8. The average molecular weight is 300 g/mol. The molecule has 0 saturated heterocycles. The van der Waals surface area contributed by atoms with Crippen LogP contribution in [0.4, 0.5) is 5.69 Å². The lowest BCUT2D eigenvalue weighted by molar-refractivity contribution is 0.102. The van der Waals surface area contributed by atoms with E-state index in [0.29, 0.717) is 12.2 Å². The first-order chi connectivity index (χ1) is 10.7. The Morgan fingerprint density at radius 1 is 1.45 bits per heavy atom. The Kier molecular flexibility index (Phi) is 4.22. The monoisotopic (exact) mass is 300 g/mol. The van der Waals surface area contributed by atoms with Gasteiger partial charge in [0.25, 0.3) is 5.91 Å². The number of fused-ring (bicyclic) bond motifs is 1. The number of benzene rings is 1. The van der Waals surface area contributed by atoms with Crippen LogP contribution in [0.5, 0.6) is 0 Å². The number of nitrogens with zero attached hydrogens (tertiary/aromatic N) is 1. The maximum absolute atomic E-state index is 12.4. The number of hydrogen-bond acceptors (Lipinski definition) is 4. The third-order valence-corrected chi connectivity index (χ3v) is 3.99. The summed E-state index contributed by atoms with van der Waals surface area (Å²) in [4.78, 5) is 12.4. The average Bonchev–Trinajstić information content (AvgIpc) is 2.98. The fourth-order valence-electron chi connectivity index (χ4n) is 2.61. The molecule has 1 aromatic heterocycles. The van der Waals surface area contributed by atoms with Gasteiger partial charge < -0.3 is 15.4 Å². The van der Waals surface area contributed by atoms with E-state index in [2.05, 4.69) is 20.8 Å². The van der Waals surface area contributed by atoms with Crippen LogP contribution < -0.4 is 10.6 Å². The third-order valence-electron chi connectivity index (χ3n) is 3.99. The first kappa shape index (κ1) is 14.7. The molecule has 2 heterocycles. The Balaban J connectivity index is 1.78. The highest BCUT2D eigenvalue weighted by atomic mass is 16.5. The minimum Gasteiger partial charge on any atom is -0.377 e. The number of rotatable bonds is 4. The maximum atomic E-state index is 12.4. The van der Waals surface area contributed by atoms with Gasteiger partial charge in [-0.2, -0.15) is 5.10 Å². The highest BCUT2D eigenvalue weighted by Gasteiger charge is 2.21. The van der Waals surface area contributed by atoms with Gasteiger partial charge >= 0.3 is 0 Å². The van der Waals surface area contributed by atoms with Crippen molar-refractivity contribution in [1.29, 1.82) is 0 Å². The molecule has 0 saturated carbocycles. The lowest BCUT2D eigenvalue weighted by Gasteiger charge is -2.14. The number of carbonyl (C=O) groups excluding carboxylic acids is 1. The summed E-state index contributed by atoms with van der Waals surface area (Å²) in [6.07, 6.45) is 0.857. The molecule has 2 aromatic rings. The number of aromatic amines is 1. The van der Waals surface area contributed by atoms with E-state index < -0.39 is 0 Å².